The Kier molecular flexibility index (Phi) is 5.09. The molecule has 2 heterocycles. The van der Waals surface area contributed by atoms with Gasteiger partial charge >= 0.3 is 6.18 Å². The van der Waals surface area contributed by atoms with Gasteiger partial charge in [-0.2, -0.15) is 13.2 Å². The van der Waals surface area contributed by atoms with Gasteiger partial charge < -0.3 is 10.2 Å². The molecule has 0 bridgehead atoms. The van der Waals surface area contributed by atoms with Crippen molar-refractivity contribution in [3.8, 4) is 0 Å². The summed E-state index contributed by atoms with van der Waals surface area (Å²) >= 11 is 0. The van der Waals surface area contributed by atoms with Crippen LogP contribution in [-0.4, -0.2) is 67.3 Å². The van der Waals surface area contributed by atoms with Crippen LogP contribution in [0.2, 0.25) is 0 Å². The van der Waals surface area contributed by atoms with E-state index in [1.165, 1.54) is 0 Å². The maximum atomic E-state index is 13.2. The largest absolute Gasteiger partial charge is 0.405 e. The van der Waals surface area contributed by atoms with Crippen molar-refractivity contribution in [2.75, 3.05) is 39.3 Å². The number of likely N-dealkylation sites (tertiary alicyclic amines) is 1. The Bertz CT molecular complexity index is 283. The number of nitrogens with one attached hydrogen (secondary N) is 1. The van der Waals surface area contributed by atoms with Gasteiger partial charge in [-0.1, -0.05) is 6.92 Å². The van der Waals surface area contributed by atoms with Gasteiger partial charge in [0, 0.05) is 25.7 Å². The zero-order chi connectivity index (χ0) is 13.9. The zero-order valence-electron chi connectivity index (χ0n) is 11.5. The van der Waals surface area contributed by atoms with E-state index in [1.807, 2.05) is 0 Å². The highest BCUT2D eigenvalue weighted by Crippen LogP contribution is 2.29. The molecule has 2 unspecified atom stereocenters. The molecule has 0 radical (unpaired) electrons. The Morgan fingerprint density at radius 3 is 2.68 bits per heavy atom. The molecule has 0 aromatic rings. The summed E-state index contributed by atoms with van der Waals surface area (Å²) in [4.78, 5) is 3.97. The van der Waals surface area contributed by atoms with Gasteiger partial charge in [0.05, 0.1) is 0 Å². The van der Waals surface area contributed by atoms with Crippen LogP contribution in [0, 0.1) is 0 Å². The fraction of sp³-hybridized carbons (Fsp3) is 1.00. The highest BCUT2D eigenvalue weighted by atomic mass is 19.4. The summed E-state index contributed by atoms with van der Waals surface area (Å²) in [6, 6.07) is -1.27. The molecule has 112 valence electrons. The Morgan fingerprint density at radius 2 is 2.00 bits per heavy atom. The predicted molar refractivity (Wildman–Crippen MR) is 69.2 cm³/mol. The van der Waals surface area contributed by atoms with Crippen LogP contribution in [0.4, 0.5) is 13.2 Å². The standard InChI is InChI=1S/C13H24F3N3/c1-2-18-7-3-5-11(10-18)19-8-4-6-17-9-12(19)13(14,15)16/h11-12,17H,2-10H2,1H3. The third-order valence-corrected chi connectivity index (χ3v) is 4.28. The number of piperidine rings is 1. The van der Waals surface area contributed by atoms with Crippen LogP contribution in [0.1, 0.15) is 26.2 Å². The van der Waals surface area contributed by atoms with E-state index in [-0.39, 0.29) is 12.6 Å². The zero-order valence-corrected chi connectivity index (χ0v) is 11.5. The van der Waals surface area contributed by atoms with Crippen LogP contribution >= 0.6 is 0 Å². The Hall–Kier alpha value is -0.330. The van der Waals surface area contributed by atoms with E-state index >= 15 is 0 Å². The minimum atomic E-state index is -4.13. The average Bonchev–Trinajstić information content (AvgIpc) is 2.64. The first-order valence-corrected chi connectivity index (χ1v) is 7.28. The molecular weight excluding hydrogens is 255 g/mol. The van der Waals surface area contributed by atoms with Crippen LogP contribution in [0.15, 0.2) is 0 Å². The first-order valence-electron chi connectivity index (χ1n) is 7.28. The SMILES string of the molecule is CCN1CCCC(N2CCCNCC2C(F)(F)F)C1. The van der Waals surface area contributed by atoms with E-state index in [0.717, 1.165) is 38.9 Å². The van der Waals surface area contributed by atoms with Crippen LogP contribution in [0.3, 0.4) is 0 Å². The number of halogens is 3. The lowest BCUT2D eigenvalue weighted by molar-refractivity contribution is -0.189. The Morgan fingerprint density at radius 1 is 1.21 bits per heavy atom. The van der Waals surface area contributed by atoms with Crippen molar-refractivity contribution in [3.05, 3.63) is 0 Å². The molecule has 6 heteroatoms. The van der Waals surface area contributed by atoms with Gasteiger partial charge in [-0.15, -0.1) is 0 Å². The number of hydrogen-bond acceptors (Lipinski definition) is 3. The minimum Gasteiger partial charge on any atom is -0.315 e. The van der Waals surface area contributed by atoms with Crippen molar-refractivity contribution in [3.63, 3.8) is 0 Å². The van der Waals surface area contributed by atoms with E-state index in [9.17, 15) is 13.2 Å². The summed E-state index contributed by atoms with van der Waals surface area (Å²) < 4.78 is 39.6. The van der Waals surface area contributed by atoms with Crippen molar-refractivity contribution in [1.29, 1.82) is 0 Å². The fourth-order valence-corrected chi connectivity index (χ4v) is 3.23. The van der Waals surface area contributed by atoms with Gasteiger partial charge in [0.2, 0.25) is 0 Å². The van der Waals surface area contributed by atoms with Gasteiger partial charge in [0.1, 0.15) is 6.04 Å². The van der Waals surface area contributed by atoms with Crippen molar-refractivity contribution >= 4 is 0 Å². The van der Waals surface area contributed by atoms with Gasteiger partial charge in [0.25, 0.3) is 0 Å². The molecule has 0 saturated carbocycles. The van der Waals surface area contributed by atoms with Gasteiger partial charge in [-0.3, -0.25) is 4.90 Å². The molecule has 0 aromatic carbocycles. The molecule has 0 amide bonds. The number of nitrogens with zero attached hydrogens (tertiary/aromatic N) is 2. The average molecular weight is 279 g/mol. The van der Waals surface area contributed by atoms with E-state index in [2.05, 4.69) is 17.1 Å². The second-order valence-electron chi connectivity index (χ2n) is 5.54. The predicted octanol–water partition coefficient (Wildman–Crippen LogP) is 1.70. The lowest BCUT2D eigenvalue weighted by atomic mass is 10.0. The summed E-state index contributed by atoms with van der Waals surface area (Å²) in [5.74, 6) is 0. The normalized spacial score (nSPS) is 32.2. The Labute approximate surface area is 113 Å². The molecule has 0 spiro atoms. The van der Waals surface area contributed by atoms with Gasteiger partial charge in [0.15, 0.2) is 0 Å². The highest BCUT2D eigenvalue weighted by molar-refractivity contribution is 4.90. The Balaban J connectivity index is 2.08. The topological polar surface area (TPSA) is 18.5 Å². The van der Waals surface area contributed by atoms with E-state index in [4.69, 9.17) is 0 Å². The molecule has 2 saturated heterocycles. The van der Waals surface area contributed by atoms with Crippen LogP contribution in [-0.2, 0) is 0 Å². The molecule has 2 fully saturated rings. The molecule has 0 aromatic heterocycles. The smallest absolute Gasteiger partial charge is 0.315 e. The van der Waals surface area contributed by atoms with Crippen molar-refractivity contribution in [2.45, 2.75) is 44.4 Å². The molecule has 1 N–H and O–H groups in total. The quantitative estimate of drug-likeness (QED) is 0.830. The van der Waals surface area contributed by atoms with Gasteiger partial charge in [-0.25, -0.2) is 0 Å². The van der Waals surface area contributed by atoms with E-state index in [0.29, 0.717) is 13.1 Å². The molecule has 2 rings (SSSR count). The number of hydrogen-bond donors (Lipinski definition) is 1. The molecule has 19 heavy (non-hydrogen) atoms. The molecule has 2 atom stereocenters. The monoisotopic (exact) mass is 279 g/mol. The summed E-state index contributed by atoms with van der Waals surface area (Å²) in [5.41, 5.74) is 0. The summed E-state index contributed by atoms with van der Waals surface area (Å²) in [5, 5.41) is 2.92. The van der Waals surface area contributed by atoms with Crippen molar-refractivity contribution in [1.82, 2.24) is 15.1 Å². The molecular formula is C13H24F3N3. The van der Waals surface area contributed by atoms with Crippen LogP contribution in [0.5, 0.6) is 0 Å². The molecule has 2 aliphatic heterocycles. The first-order chi connectivity index (χ1) is 9.02. The van der Waals surface area contributed by atoms with Crippen molar-refractivity contribution in [2.24, 2.45) is 0 Å². The number of alkyl halides is 3. The summed E-state index contributed by atoms with van der Waals surface area (Å²) in [7, 11) is 0. The highest BCUT2D eigenvalue weighted by Gasteiger charge is 2.46. The lowest BCUT2D eigenvalue weighted by Crippen LogP contribution is -2.57. The van der Waals surface area contributed by atoms with Crippen LogP contribution in [0.25, 0.3) is 0 Å². The van der Waals surface area contributed by atoms with Crippen molar-refractivity contribution < 1.29 is 13.2 Å². The molecule has 2 aliphatic rings. The maximum Gasteiger partial charge on any atom is 0.405 e. The molecule has 3 nitrogen and oxygen atoms in total. The van der Waals surface area contributed by atoms with Gasteiger partial charge in [-0.05, 0) is 38.9 Å². The third-order valence-electron chi connectivity index (χ3n) is 4.28. The summed E-state index contributed by atoms with van der Waals surface area (Å²) in [6.45, 7) is 6.09. The van der Waals surface area contributed by atoms with E-state index in [1.54, 1.807) is 4.90 Å². The van der Waals surface area contributed by atoms with E-state index < -0.39 is 12.2 Å². The number of rotatable bonds is 2. The summed E-state index contributed by atoms with van der Waals surface area (Å²) in [6.07, 6.45) is -1.43. The first kappa shape index (κ1) is 15.1. The molecule has 0 aliphatic carbocycles. The maximum absolute atomic E-state index is 13.2. The second kappa shape index (κ2) is 6.41. The minimum absolute atomic E-state index is 0.0339. The third kappa shape index (κ3) is 3.83. The number of likely N-dealkylation sites (N-methyl/N-ethyl adjacent to an activating group) is 1. The van der Waals surface area contributed by atoms with Crippen LogP contribution < -0.4 is 5.32 Å². The fourth-order valence-electron chi connectivity index (χ4n) is 3.23. The lowest BCUT2D eigenvalue weighted by Gasteiger charge is -2.42. The second-order valence-corrected chi connectivity index (χ2v) is 5.54.